The predicted octanol–water partition coefficient (Wildman–Crippen LogP) is 3.22. The molecule has 5 heteroatoms. The standard InChI is InChI=1S/C16H18N2O3/c1-4-14(20-11-7-13-6-2-10-19-13)12-15(5-1)21-16-17-8-3-9-18-16/h1,3-5,8-9,12-13H,2,6-7,10-11H2. The molecule has 1 atom stereocenters. The molecule has 0 amide bonds. The number of aromatic nitrogens is 2. The molecule has 0 saturated carbocycles. The predicted molar refractivity (Wildman–Crippen MR) is 77.6 cm³/mol. The van der Waals surface area contributed by atoms with E-state index in [-0.39, 0.29) is 0 Å². The zero-order chi connectivity index (χ0) is 14.3. The fourth-order valence-corrected chi connectivity index (χ4v) is 2.25. The molecule has 5 nitrogen and oxygen atoms in total. The van der Waals surface area contributed by atoms with Crippen molar-refractivity contribution >= 4 is 0 Å². The van der Waals surface area contributed by atoms with Crippen LogP contribution in [-0.4, -0.2) is 29.3 Å². The fraction of sp³-hybridized carbons (Fsp3) is 0.375. The van der Waals surface area contributed by atoms with Crippen molar-refractivity contribution < 1.29 is 14.2 Å². The van der Waals surface area contributed by atoms with E-state index in [0.29, 0.717) is 24.5 Å². The lowest BCUT2D eigenvalue weighted by Gasteiger charge is -2.11. The Morgan fingerprint density at radius 1 is 1.14 bits per heavy atom. The highest BCUT2D eigenvalue weighted by atomic mass is 16.5. The fourth-order valence-electron chi connectivity index (χ4n) is 2.25. The average Bonchev–Trinajstić information content (AvgIpc) is 3.02. The minimum atomic E-state index is 0.328. The Morgan fingerprint density at radius 2 is 2.00 bits per heavy atom. The summed E-state index contributed by atoms with van der Waals surface area (Å²) in [6.07, 6.45) is 6.85. The summed E-state index contributed by atoms with van der Waals surface area (Å²) in [7, 11) is 0. The average molecular weight is 286 g/mol. The van der Waals surface area contributed by atoms with E-state index in [1.807, 2.05) is 24.3 Å². The van der Waals surface area contributed by atoms with E-state index >= 15 is 0 Å². The first kappa shape index (κ1) is 13.8. The number of hydrogen-bond donors (Lipinski definition) is 0. The summed E-state index contributed by atoms with van der Waals surface area (Å²) in [6.45, 7) is 1.53. The topological polar surface area (TPSA) is 53.5 Å². The van der Waals surface area contributed by atoms with Crippen molar-refractivity contribution in [2.24, 2.45) is 0 Å². The normalized spacial score (nSPS) is 17.6. The Hall–Kier alpha value is -2.14. The molecule has 1 unspecified atom stereocenters. The Labute approximate surface area is 123 Å². The van der Waals surface area contributed by atoms with Gasteiger partial charge >= 0.3 is 6.01 Å². The second-order valence-corrected chi connectivity index (χ2v) is 4.88. The van der Waals surface area contributed by atoms with Crippen molar-refractivity contribution in [3.05, 3.63) is 42.7 Å². The molecule has 1 aromatic heterocycles. The van der Waals surface area contributed by atoms with Crippen LogP contribution in [0.4, 0.5) is 0 Å². The molecule has 0 spiro atoms. The maximum Gasteiger partial charge on any atom is 0.321 e. The minimum absolute atomic E-state index is 0.328. The molecule has 1 aromatic carbocycles. The Balaban J connectivity index is 1.53. The second-order valence-electron chi connectivity index (χ2n) is 4.88. The van der Waals surface area contributed by atoms with Crippen LogP contribution in [-0.2, 0) is 4.74 Å². The molecule has 1 aliphatic rings. The zero-order valence-electron chi connectivity index (χ0n) is 11.8. The van der Waals surface area contributed by atoms with Crippen LogP contribution in [0.5, 0.6) is 17.5 Å². The van der Waals surface area contributed by atoms with Crippen LogP contribution in [0.1, 0.15) is 19.3 Å². The molecule has 0 radical (unpaired) electrons. The Kier molecular flexibility index (Phi) is 4.63. The van der Waals surface area contributed by atoms with Crippen molar-refractivity contribution in [1.82, 2.24) is 9.97 Å². The van der Waals surface area contributed by atoms with Crippen LogP contribution in [0.2, 0.25) is 0 Å². The van der Waals surface area contributed by atoms with Crippen LogP contribution in [0, 0.1) is 0 Å². The lowest BCUT2D eigenvalue weighted by molar-refractivity contribution is 0.0903. The molecular weight excluding hydrogens is 268 g/mol. The van der Waals surface area contributed by atoms with Crippen LogP contribution in [0.3, 0.4) is 0 Å². The maximum absolute atomic E-state index is 5.75. The third-order valence-corrected chi connectivity index (χ3v) is 3.29. The third-order valence-electron chi connectivity index (χ3n) is 3.29. The summed E-state index contributed by atoms with van der Waals surface area (Å²) in [5.41, 5.74) is 0. The summed E-state index contributed by atoms with van der Waals surface area (Å²) in [5, 5.41) is 0. The monoisotopic (exact) mass is 286 g/mol. The van der Waals surface area contributed by atoms with Gasteiger partial charge in [-0.2, -0.15) is 0 Å². The van der Waals surface area contributed by atoms with E-state index in [2.05, 4.69) is 9.97 Å². The molecule has 1 saturated heterocycles. The summed E-state index contributed by atoms with van der Waals surface area (Å²) < 4.78 is 16.9. The zero-order valence-corrected chi connectivity index (χ0v) is 11.8. The molecule has 2 heterocycles. The highest BCUT2D eigenvalue weighted by Gasteiger charge is 2.15. The number of rotatable bonds is 6. The van der Waals surface area contributed by atoms with Gasteiger partial charge in [-0.3, -0.25) is 0 Å². The first-order valence-corrected chi connectivity index (χ1v) is 7.19. The van der Waals surface area contributed by atoms with Gasteiger partial charge in [-0.15, -0.1) is 0 Å². The van der Waals surface area contributed by atoms with Gasteiger partial charge < -0.3 is 14.2 Å². The number of ether oxygens (including phenoxy) is 3. The molecular formula is C16H18N2O3. The first-order chi connectivity index (χ1) is 10.4. The van der Waals surface area contributed by atoms with Gasteiger partial charge in [-0.1, -0.05) is 6.07 Å². The van der Waals surface area contributed by atoms with Crippen LogP contribution >= 0.6 is 0 Å². The Bertz CT molecular complexity index is 556. The van der Waals surface area contributed by atoms with Crippen LogP contribution in [0.25, 0.3) is 0 Å². The number of benzene rings is 1. The van der Waals surface area contributed by atoms with Gasteiger partial charge in [0.15, 0.2) is 0 Å². The minimum Gasteiger partial charge on any atom is -0.493 e. The van der Waals surface area contributed by atoms with E-state index < -0.39 is 0 Å². The molecule has 2 aromatic rings. The highest BCUT2D eigenvalue weighted by Crippen LogP contribution is 2.23. The van der Waals surface area contributed by atoms with Crippen molar-refractivity contribution in [2.45, 2.75) is 25.4 Å². The van der Waals surface area contributed by atoms with Crippen molar-refractivity contribution in [1.29, 1.82) is 0 Å². The lowest BCUT2D eigenvalue weighted by Crippen LogP contribution is -2.10. The SMILES string of the molecule is c1cnc(Oc2cccc(OCCC3CCCO3)c2)nc1. The molecule has 21 heavy (non-hydrogen) atoms. The van der Waals surface area contributed by atoms with Gasteiger partial charge in [0.2, 0.25) is 0 Å². The molecule has 110 valence electrons. The molecule has 3 rings (SSSR count). The van der Waals surface area contributed by atoms with Gasteiger partial charge in [0.25, 0.3) is 0 Å². The summed E-state index contributed by atoms with van der Waals surface area (Å²) in [6, 6.07) is 9.56. The van der Waals surface area contributed by atoms with E-state index in [1.54, 1.807) is 18.5 Å². The summed E-state index contributed by atoms with van der Waals surface area (Å²) in [4.78, 5) is 8.05. The van der Waals surface area contributed by atoms with E-state index in [1.165, 1.54) is 0 Å². The van der Waals surface area contributed by atoms with Crippen LogP contribution < -0.4 is 9.47 Å². The second kappa shape index (κ2) is 7.04. The number of nitrogens with zero attached hydrogens (tertiary/aromatic N) is 2. The van der Waals surface area contributed by atoms with Crippen molar-refractivity contribution in [3.8, 4) is 17.5 Å². The van der Waals surface area contributed by atoms with Crippen LogP contribution in [0.15, 0.2) is 42.7 Å². The van der Waals surface area contributed by atoms with Gasteiger partial charge in [-0.05, 0) is 31.0 Å². The first-order valence-electron chi connectivity index (χ1n) is 7.19. The summed E-state index contributed by atoms with van der Waals surface area (Å²) >= 11 is 0. The molecule has 0 bridgehead atoms. The molecule has 0 N–H and O–H groups in total. The lowest BCUT2D eigenvalue weighted by atomic mass is 10.2. The smallest absolute Gasteiger partial charge is 0.321 e. The maximum atomic E-state index is 5.75. The summed E-state index contributed by atoms with van der Waals surface area (Å²) in [5.74, 6) is 1.44. The van der Waals surface area contributed by atoms with Crippen molar-refractivity contribution in [2.75, 3.05) is 13.2 Å². The molecule has 0 aliphatic carbocycles. The van der Waals surface area contributed by atoms with E-state index in [9.17, 15) is 0 Å². The highest BCUT2D eigenvalue weighted by molar-refractivity contribution is 5.34. The van der Waals surface area contributed by atoms with Crippen molar-refractivity contribution in [3.63, 3.8) is 0 Å². The van der Waals surface area contributed by atoms with E-state index in [0.717, 1.165) is 31.6 Å². The quantitative estimate of drug-likeness (QED) is 0.816. The largest absolute Gasteiger partial charge is 0.493 e. The molecule has 1 aliphatic heterocycles. The third kappa shape index (κ3) is 4.16. The van der Waals surface area contributed by atoms with Gasteiger partial charge in [0.05, 0.1) is 12.7 Å². The van der Waals surface area contributed by atoms with E-state index in [4.69, 9.17) is 14.2 Å². The van der Waals surface area contributed by atoms with Gasteiger partial charge in [-0.25, -0.2) is 9.97 Å². The van der Waals surface area contributed by atoms with Gasteiger partial charge in [0.1, 0.15) is 11.5 Å². The molecule has 1 fully saturated rings. The number of hydrogen-bond acceptors (Lipinski definition) is 5. The Morgan fingerprint density at radius 3 is 2.81 bits per heavy atom. The van der Waals surface area contributed by atoms with Gasteiger partial charge in [0, 0.05) is 31.5 Å².